The highest BCUT2D eigenvalue weighted by Crippen LogP contribution is 2.25. The second-order valence-electron chi connectivity index (χ2n) is 6.03. The van der Waals surface area contributed by atoms with E-state index < -0.39 is 12.1 Å². The quantitative estimate of drug-likeness (QED) is 0.481. The van der Waals surface area contributed by atoms with Crippen LogP contribution in [-0.4, -0.2) is 16.2 Å². The Labute approximate surface area is 154 Å². The van der Waals surface area contributed by atoms with E-state index in [2.05, 4.69) is 10.2 Å². The summed E-state index contributed by atoms with van der Waals surface area (Å²) in [6.07, 6.45) is -0.724. The Morgan fingerprint density at radius 1 is 1.00 bits per heavy atom. The summed E-state index contributed by atoms with van der Waals surface area (Å²) < 4.78 is 24.1. The molecule has 0 saturated carbocycles. The van der Waals surface area contributed by atoms with Crippen molar-refractivity contribution in [2.75, 3.05) is 0 Å². The van der Waals surface area contributed by atoms with Crippen molar-refractivity contribution in [3.8, 4) is 11.5 Å². The van der Waals surface area contributed by atoms with Crippen molar-refractivity contribution < 1.29 is 18.3 Å². The van der Waals surface area contributed by atoms with Gasteiger partial charge < -0.3 is 9.15 Å². The molecule has 5 nitrogen and oxygen atoms in total. The molecule has 0 aliphatic heterocycles. The Balaban J connectivity index is 1.54. The van der Waals surface area contributed by atoms with E-state index in [0.29, 0.717) is 11.1 Å². The number of ether oxygens (including phenoxy) is 1. The first kappa shape index (κ1) is 16.9. The highest BCUT2D eigenvalue weighted by atomic mass is 19.1. The SMILES string of the molecule is C[C@@H](OC(=O)c1cccc2ccccc12)c1nnc(-c2ccc(F)cc2)o1. The largest absolute Gasteiger partial charge is 0.449 e. The summed E-state index contributed by atoms with van der Waals surface area (Å²) in [6, 6.07) is 18.7. The average Bonchev–Trinajstić information content (AvgIpc) is 3.18. The molecule has 4 aromatic rings. The van der Waals surface area contributed by atoms with Crippen LogP contribution in [0.5, 0.6) is 0 Å². The fourth-order valence-corrected chi connectivity index (χ4v) is 2.79. The lowest BCUT2D eigenvalue weighted by atomic mass is 10.0. The second kappa shape index (κ2) is 6.99. The third-order valence-electron chi connectivity index (χ3n) is 4.17. The lowest BCUT2D eigenvalue weighted by Gasteiger charge is -2.11. The van der Waals surface area contributed by atoms with Gasteiger partial charge in [-0.25, -0.2) is 9.18 Å². The van der Waals surface area contributed by atoms with E-state index in [1.165, 1.54) is 12.1 Å². The van der Waals surface area contributed by atoms with E-state index in [9.17, 15) is 9.18 Å². The molecule has 0 fully saturated rings. The molecule has 3 aromatic carbocycles. The summed E-state index contributed by atoms with van der Waals surface area (Å²) in [6.45, 7) is 1.66. The van der Waals surface area contributed by atoms with E-state index in [-0.39, 0.29) is 17.6 Å². The summed E-state index contributed by atoms with van der Waals surface area (Å²) in [7, 11) is 0. The van der Waals surface area contributed by atoms with Gasteiger partial charge in [-0.05, 0) is 48.0 Å². The van der Waals surface area contributed by atoms with Crippen LogP contribution in [0.1, 0.15) is 29.3 Å². The molecule has 0 aliphatic carbocycles. The number of hydrogen-bond donors (Lipinski definition) is 0. The maximum atomic E-state index is 13.0. The number of hydrogen-bond acceptors (Lipinski definition) is 5. The van der Waals surface area contributed by atoms with Gasteiger partial charge in [0.25, 0.3) is 5.89 Å². The number of esters is 1. The number of fused-ring (bicyclic) bond motifs is 1. The van der Waals surface area contributed by atoms with Crippen LogP contribution in [-0.2, 0) is 4.74 Å². The van der Waals surface area contributed by atoms with E-state index in [0.717, 1.165) is 10.8 Å². The number of rotatable bonds is 4. The molecule has 0 aliphatic rings. The van der Waals surface area contributed by atoms with Crippen LogP contribution in [0.25, 0.3) is 22.2 Å². The van der Waals surface area contributed by atoms with E-state index >= 15 is 0 Å². The first-order chi connectivity index (χ1) is 13.1. The molecule has 4 rings (SSSR count). The van der Waals surface area contributed by atoms with Crippen molar-refractivity contribution in [1.82, 2.24) is 10.2 Å². The van der Waals surface area contributed by atoms with Gasteiger partial charge in [-0.3, -0.25) is 0 Å². The molecule has 0 amide bonds. The summed E-state index contributed by atoms with van der Waals surface area (Å²) in [5.41, 5.74) is 1.06. The zero-order valence-electron chi connectivity index (χ0n) is 14.4. The molecule has 0 saturated heterocycles. The molecule has 1 atom stereocenters. The minimum atomic E-state index is -0.724. The van der Waals surface area contributed by atoms with Crippen molar-refractivity contribution in [2.24, 2.45) is 0 Å². The van der Waals surface area contributed by atoms with Gasteiger partial charge in [-0.15, -0.1) is 10.2 Å². The number of carbonyl (C=O) groups is 1. The number of nitrogens with zero attached hydrogens (tertiary/aromatic N) is 2. The predicted octanol–water partition coefficient (Wildman–Crippen LogP) is 4.95. The van der Waals surface area contributed by atoms with Gasteiger partial charge in [-0.2, -0.15) is 0 Å². The van der Waals surface area contributed by atoms with Crippen LogP contribution in [0.2, 0.25) is 0 Å². The molecule has 0 radical (unpaired) electrons. The standard InChI is InChI=1S/C21H15FN2O3/c1-13(19-23-24-20(27-19)15-9-11-16(22)12-10-15)26-21(25)18-8-4-6-14-5-2-3-7-17(14)18/h2-13H,1H3/t13-/m1/s1. The van der Waals surface area contributed by atoms with Gasteiger partial charge in [0.2, 0.25) is 5.89 Å². The van der Waals surface area contributed by atoms with Crippen molar-refractivity contribution in [3.63, 3.8) is 0 Å². The average molecular weight is 362 g/mol. The summed E-state index contributed by atoms with van der Waals surface area (Å²) >= 11 is 0. The fraction of sp³-hybridized carbons (Fsp3) is 0.0952. The Bertz CT molecular complexity index is 1100. The minimum absolute atomic E-state index is 0.169. The molecular formula is C21H15FN2O3. The number of aromatic nitrogens is 2. The lowest BCUT2D eigenvalue weighted by molar-refractivity contribution is 0.0282. The summed E-state index contributed by atoms with van der Waals surface area (Å²) in [4.78, 5) is 12.6. The number of halogens is 1. The van der Waals surface area contributed by atoms with E-state index in [1.807, 2.05) is 36.4 Å². The van der Waals surface area contributed by atoms with E-state index in [1.54, 1.807) is 25.1 Å². The van der Waals surface area contributed by atoms with Crippen LogP contribution < -0.4 is 0 Å². The normalized spacial score (nSPS) is 12.1. The Morgan fingerprint density at radius 2 is 1.74 bits per heavy atom. The van der Waals surface area contributed by atoms with Gasteiger partial charge in [0.15, 0.2) is 6.10 Å². The van der Waals surface area contributed by atoms with Gasteiger partial charge >= 0.3 is 5.97 Å². The Hall–Kier alpha value is -3.54. The Morgan fingerprint density at radius 3 is 2.56 bits per heavy atom. The van der Waals surface area contributed by atoms with Crippen molar-refractivity contribution >= 4 is 16.7 Å². The van der Waals surface area contributed by atoms with Crippen LogP contribution in [0, 0.1) is 5.82 Å². The van der Waals surface area contributed by atoms with Gasteiger partial charge in [0, 0.05) is 5.56 Å². The smallest absolute Gasteiger partial charge is 0.339 e. The molecule has 0 N–H and O–H groups in total. The van der Waals surface area contributed by atoms with Gasteiger partial charge in [0.1, 0.15) is 5.82 Å². The minimum Gasteiger partial charge on any atom is -0.449 e. The summed E-state index contributed by atoms with van der Waals surface area (Å²) in [5.74, 6) is -0.419. The maximum absolute atomic E-state index is 13.0. The molecule has 0 unspecified atom stereocenters. The highest BCUT2D eigenvalue weighted by Gasteiger charge is 2.21. The lowest BCUT2D eigenvalue weighted by Crippen LogP contribution is -2.10. The first-order valence-corrected chi connectivity index (χ1v) is 8.40. The molecular weight excluding hydrogens is 347 g/mol. The molecule has 1 heterocycles. The summed E-state index contributed by atoms with van der Waals surface area (Å²) in [5, 5.41) is 9.64. The zero-order chi connectivity index (χ0) is 18.8. The Kier molecular flexibility index (Phi) is 4.38. The fourth-order valence-electron chi connectivity index (χ4n) is 2.79. The van der Waals surface area contributed by atoms with Crippen LogP contribution in [0.15, 0.2) is 71.1 Å². The van der Waals surface area contributed by atoms with Gasteiger partial charge in [-0.1, -0.05) is 36.4 Å². The highest BCUT2D eigenvalue weighted by molar-refractivity contribution is 6.04. The number of carbonyl (C=O) groups excluding carboxylic acids is 1. The van der Waals surface area contributed by atoms with E-state index in [4.69, 9.17) is 9.15 Å². The molecule has 0 bridgehead atoms. The van der Waals surface area contributed by atoms with Crippen LogP contribution in [0.4, 0.5) is 4.39 Å². The molecule has 1 aromatic heterocycles. The predicted molar refractivity (Wildman–Crippen MR) is 97.5 cm³/mol. The molecule has 27 heavy (non-hydrogen) atoms. The zero-order valence-corrected chi connectivity index (χ0v) is 14.4. The molecule has 134 valence electrons. The van der Waals surface area contributed by atoms with Crippen LogP contribution in [0.3, 0.4) is 0 Å². The third-order valence-corrected chi connectivity index (χ3v) is 4.17. The van der Waals surface area contributed by atoms with Crippen molar-refractivity contribution in [3.05, 3.63) is 84.0 Å². The third kappa shape index (κ3) is 3.42. The maximum Gasteiger partial charge on any atom is 0.339 e. The first-order valence-electron chi connectivity index (χ1n) is 8.40. The van der Waals surface area contributed by atoms with Crippen molar-refractivity contribution in [1.29, 1.82) is 0 Å². The monoisotopic (exact) mass is 362 g/mol. The van der Waals surface area contributed by atoms with Crippen molar-refractivity contribution in [2.45, 2.75) is 13.0 Å². The second-order valence-corrected chi connectivity index (χ2v) is 6.03. The topological polar surface area (TPSA) is 65.2 Å². The molecule has 6 heteroatoms. The molecule has 0 spiro atoms. The van der Waals surface area contributed by atoms with Crippen LogP contribution >= 0.6 is 0 Å². The number of benzene rings is 3. The van der Waals surface area contributed by atoms with Gasteiger partial charge in [0.05, 0.1) is 5.56 Å².